The zero-order valence-electron chi connectivity index (χ0n) is 10.8. The van der Waals surface area contributed by atoms with Crippen molar-refractivity contribution in [1.29, 1.82) is 0 Å². The van der Waals surface area contributed by atoms with E-state index in [0.29, 0.717) is 23.0 Å². The van der Waals surface area contributed by atoms with Gasteiger partial charge >= 0.3 is 0 Å². The van der Waals surface area contributed by atoms with E-state index in [4.69, 9.17) is 18.7 Å². The maximum absolute atomic E-state index is 5.33. The number of benzene rings is 1. The van der Waals surface area contributed by atoms with Crippen molar-refractivity contribution in [3.05, 3.63) is 23.9 Å². The molecule has 0 radical (unpaired) electrons. The topological polar surface area (TPSA) is 53.7 Å². The molecule has 0 spiro atoms. The lowest BCUT2D eigenvalue weighted by Gasteiger charge is -2.12. The zero-order chi connectivity index (χ0) is 13.1. The highest BCUT2D eigenvalue weighted by Crippen LogP contribution is 2.40. The fourth-order valence-electron chi connectivity index (χ4n) is 1.71. The third kappa shape index (κ3) is 2.11. The van der Waals surface area contributed by atoms with E-state index in [0.717, 1.165) is 11.3 Å². The summed E-state index contributed by atoms with van der Waals surface area (Å²) in [6.45, 7) is 1.86. The summed E-state index contributed by atoms with van der Waals surface area (Å²) in [4.78, 5) is 0. The first kappa shape index (κ1) is 12.3. The monoisotopic (exact) mass is 249 g/mol. The Bertz CT molecular complexity index is 548. The van der Waals surface area contributed by atoms with Crippen LogP contribution in [0.15, 0.2) is 22.7 Å². The second-order valence-electron chi connectivity index (χ2n) is 3.74. The van der Waals surface area contributed by atoms with Gasteiger partial charge in [0.15, 0.2) is 17.3 Å². The molecule has 0 saturated carbocycles. The molecular weight excluding hydrogens is 234 g/mol. The number of hydrogen-bond donors (Lipinski definition) is 0. The largest absolute Gasteiger partial charge is 0.496 e. The van der Waals surface area contributed by atoms with Gasteiger partial charge in [-0.15, -0.1) is 0 Å². The average molecular weight is 249 g/mol. The molecule has 18 heavy (non-hydrogen) atoms. The van der Waals surface area contributed by atoms with Gasteiger partial charge in [-0.3, -0.25) is 0 Å². The maximum atomic E-state index is 5.33. The van der Waals surface area contributed by atoms with Gasteiger partial charge in [0, 0.05) is 12.1 Å². The van der Waals surface area contributed by atoms with Crippen LogP contribution in [0.2, 0.25) is 0 Å². The fraction of sp³-hybridized carbons (Fsp3) is 0.308. The quantitative estimate of drug-likeness (QED) is 0.833. The van der Waals surface area contributed by atoms with E-state index >= 15 is 0 Å². The number of aryl methyl sites for hydroxylation is 1. The molecule has 0 N–H and O–H groups in total. The van der Waals surface area contributed by atoms with E-state index in [2.05, 4.69) is 5.16 Å². The Morgan fingerprint density at radius 3 is 2.00 bits per heavy atom. The summed E-state index contributed by atoms with van der Waals surface area (Å²) in [5.41, 5.74) is 1.58. The van der Waals surface area contributed by atoms with Crippen molar-refractivity contribution < 1.29 is 18.7 Å². The molecule has 0 aliphatic heterocycles. The normalized spacial score (nSPS) is 10.2. The van der Waals surface area contributed by atoms with Crippen LogP contribution >= 0.6 is 0 Å². The number of aromatic nitrogens is 1. The van der Waals surface area contributed by atoms with Crippen LogP contribution < -0.4 is 14.2 Å². The van der Waals surface area contributed by atoms with Crippen LogP contribution in [0.4, 0.5) is 0 Å². The predicted octanol–water partition coefficient (Wildman–Crippen LogP) is 2.68. The van der Waals surface area contributed by atoms with E-state index in [1.54, 1.807) is 33.5 Å². The van der Waals surface area contributed by atoms with Crippen LogP contribution in [0.3, 0.4) is 0 Å². The molecule has 5 nitrogen and oxygen atoms in total. The van der Waals surface area contributed by atoms with Crippen LogP contribution in [-0.2, 0) is 0 Å². The molecule has 1 heterocycles. The van der Waals surface area contributed by atoms with E-state index in [1.807, 2.05) is 13.0 Å². The van der Waals surface area contributed by atoms with Crippen molar-refractivity contribution in [2.75, 3.05) is 21.3 Å². The molecule has 0 amide bonds. The molecule has 1 aromatic heterocycles. The minimum Gasteiger partial charge on any atom is -0.496 e. The van der Waals surface area contributed by atoms with Crippen molar-refractivity contribution in [3.8, 4) is 28.6 Å². The Balaban J connectivity index is 2.58. The summed E-state index contributed by atoms with van der Waals surface area (Å²) in [6, 6.07) is 5.40. The second kappa shape index (κ2) is 5.00. The van der Waals surface area contributed by atoms with Gasteiger partial charge in [0.25, 0.3) is 0 Å². The lowest BCUT2D eigenvalue weighted by molar-refractivity contribution is 0.348. The standard InChI is InChI=1S/C13H15NO4/c1-8-5-11(18-14-8)9-6-12(16-3)13(17-4)7-10(9)15-2/h5-7H,1-4H3. The van der Waals surface area contributed by atoms with Crippen LogP contribution in [0, 0.1) is 6.92 Å². The van der Waals surface area contributed by atoms with Gasteiger partial charge in [0.05, 0.1) is 32.6 Å². The minimum atomic E-state index is 0.606. The van der Waals surface area contributed by atoms with E-state index in [9.17, 15) is 0 Å². The van der Waals surface area contributed by atoms with Crippen LogP contribution in [0.1, 0.15) is 5.69 Å². The van der Waals surface area contributed by atoms with Crippen molar-refractivity contribution in [2.24, 2.45) is 0 Å². The Kier molecular flexibility index (Phi) is 3.41. The lowest BCUT2D eigenvalue weighted by atomic mass is 10.1. The lowest BCUT2D eigenvalue weighted by Crippen LogP contribution is -1.94. The van der Waals surface area contributed by atoms with Gasteiger partial charge < -0.3 is 18.7 Å². The van der Waals surface area contributed by atoms with Gasteiger partial charge in [-0.25, -0.2) is 0 Å². The van der Waals surface area contributed by atoms with Gasteiger partial charge in [0.2, 0.25) is 0 Å². The van der Waals surface area contributed by atoms with E-state index in [-0.39, 0.29) is 0 Å². The zero-order valence-corrected chi connectivity index (χ0v) is 10.8. The molecular formula is C13H15NO4. The number of methoxy groups -OCH3 is 3. The summed E-state index contributed by atoms with van der Waals surface area (Å²) in [6.07, 6.45) is 0. The molecule has 0 saturated heterocycles. The number of hydrogen-bond acceptors (Lipinski definition) is 5. The molecule has 0 fully saturated rings. The summed E-state index contributed by atoms with van der Waals surface area (Å²) < 4.78 is 21.1. The minimum absolute atomic E-state index is 0.606. The summed E-state index contributed by atoms with van der Waals surface area (Å²) >= 11 is 0. The molecule has 0 aliphatic rings. The average Bonchev–Trinajstić information content (AvgIpc) is 2.83. The molecule has 2 aromatic rings. The summed E-state index contributed by atoms with van der Waals surface area (Å²) in [5, 5.41) is 3.86. The highest BCUT2D eigenvalue weighted by Gasteiger charge is 2.16. The van der Waals surface area contributed by atoms with Crippen molar-refractivity contribution in [2.45, 2.75) is 6.92 Å². The molecule has 0 aliphatic carbocycles. The Morgan fingerprint density at radius 1 is 0.889 bits per heavy atom. The first-order valence-electron chi connectivity index (χ1n) is 5.43. The smallest absolute Gasteiger partial charge is 0.170 e. The SMILES string of the molecule is COc1cc(OC)c(-c2cc(C)no2)cc1OC. The third-order valence-electron chi connectivity index (χ3n) is 2.60. The predicted molar refractivity (Wildman–Crippen MR) is 66.3 cm³/mol. The van der Waals surface area contributed by atoms with E-state index < -0.39 is 0 Å². The van der Waals surface area contributed by atoms with Gasteiger partial charge in [-0.05, 0) is 13.0 Å². The maximum Gasteiger partial charge on any atom is 0.170 e. The highest BCUT2D eigenvalue weighted by atomic mass is 16.5. The van der Waals surface area contributed by atoms with Crippen molar-refractivity contribution in [1.82, 2.24) is 5.16 Å². The Morgan fingerprint density at radius 2 is 1.50 bits per heavy atom. The van der Waals surface area contributed by atoms with Gasteiger partial charge in [-0.2, -0.15) is 0 Å². The fourth-order valence-corrected chi connectivity index (χ4v) is 1.71. The first-order valence-corrected chi connectivity index (χ1v) is 5.43. The third-order valence-corrected chi connectivity index (χ3v) is 2.60. The van der Waals surface area contributed by atoms with E-state index in [1.165, 1.54) is 0 Å². The number of nitrogens with zero attached hydrogens (tertiary/aromatic N) is 1. The van der Waals surface area contributed by atoms with Crippen molar-refractivity contribution >= 4 is 0 Å². The van der Waals surface area contributed by atoms with Crippen LogP contribution in [-0.4, -0.2) is 26.5 Å². The molecule has 0 atom stereocenters. The summed E-state index contributed by atoms with van der Waals surface area (Å²) in [7, 11) is 4.75. The first-order chi connectivity index (χ1) is 8.69. The number of ether oxygens (including phenoxy) is 3. The highest BCUT2D eigenvalue weighted by molar-refractivity contribution is 5.70. The van der Waals surface area contributed by atoms with Crippen LogP contribution in [0.25, 0.3) is 11.3 Å². The number of rotatable bonds is 4. The Hall–Kier alpha value is -2.17. The Labute approximate surface area is 105 Å². The molecule has 0 unspecified atom stereocenters. The summed E-state index contributed by atoms with van der Waals surface area (Å²) in [5.74, 6) is 2.49. The van der Waals surface area contributed by atoms with Crippen LogP contribution in [0.5, 0.6) is 17.2 Å². The molecule has 5 heteroatoms. The molecule has 1 aromatic carbocycles. The van der Waals surface area contributed by atoms with Gasteiger partial charge in [-0.1, -0.05) is 5.16 Å². The second-order valence-corrected chi connectivity index (χ2v) is 3.74. The molecule has 96 valence electrons. The van der Waals surface area contributed by atoms with Gasteiger partial charge in [0.1, 0.15) is 5.75 Å². The van der Waals surface area contributed by atoms with Crippen molar-refractivity contribution in [3.63, 3.8) is 0 Å². The molecule has 2 rings (SSSR count). The molecule has 0 bridgehead atoms.